The van der Waals surface area contributed by atoms with Crippen molar-refractivity contribution in [1.29, 1.82) is 0 Å². The fourth-order valence-corrected chi connectivity index (χ4v) is 3.64. The highest BCUT2D eigenvalue weighted by molar-refractivity contribution is 6.39. The molecular weight excluding hydrogens is 446 g/mol. The van der Waals surface area contributed by atoms with E-state index in [4.69, 9.17) is 4.74 Å². The summed E-state index contributed by atoms with van der Waals surface area (Å²) < 4.78 is 5.37. The Labute approximate surface area is 202 Å². The van der Waals surface area contributed by atoms with Crippen LogP contribution in [0.15, 0.2) is 72.8 Å². The van der Waals surface area contributed by atoms with Crippen LogP contribution < -0.4 is 15.5 Å². The molecule has 0 aromatic heterocycles. The molecule has 2 N–H and O–H groups in total. The average Bonchev–Trinajstić information content (AvgIpc) is 2.89. The van der Waals surface area contributed by atoms with Crippen LogP contribution in [-0.2, 0) is 14.3 Å². The van der Waals surface area contributed by atoms with E-state index in [0.29, 0.717) is 41.3 Å². The molecule has 1 saturated heterocycles. The fourth-order valence-electron chi connectivity index (χ4n) is 3.64. The first-order chi connectivity index (χ1) is 16.9. The lowest BCUT2D eigenvalue weighted by Gasteiger charge is -2.28. The van der Waals surface area contributed by atoms with Crippen LogP contribution in [0, 0.1) is 0 Å². The molecule has 1 aliphatic heterocycles. The summed E-state index contributed by atoms with van der Waals surface area (Å²) in [6.45, 7) is 4.24. The summed E-state index contributed by atoms with van der Waals surface area (Å²) in [4.78, 5) is 50.1. The standard InChI is InChI=1S/C27H25N3O5/c1-18(31)26(33)28-22-8-2-19(3-9-22)25(32)20-4-10-23(11-5-20)29-27(34)21-6-12-24(13-7-21)30-14-16-35-17-15-30/h2-13H,14-17H2,1H3,(H,28,33)(H,29,34). The lowest BCUT2D eigenvalue weighted by molar-refractivity contribution is -0.133. The van der Waals surface area contributed by atoms with Crippen LogP contribution >= 0.6 is 0 Å². The van der Waals surface area contributed by atoms with Gasteiger partial charge in [0.1, 0.15) is 0 Å². The van der Waals surface area contributed by atoms with Gasteiger partial charge in [-0.2, -0.15) is 0 Å². The van der Waals surface area contributed by atoms with Crippen molar-refractivity contribution >= 4 is 40.4 Å². The fraction of sp³-hybridized carbons (Fsp3) is 0.185. The number of nitrogens with zero attached hydrogens (tertiary/aromatic N) is 1. The number of morpholine rings is 1. The normalized spacial score (nSPS) is 13.1. The second kappa shape index (κ2) is 10.8. The van der Waals surface area contributed by atoms with Crippen LogP contribution in [0.5, 0.6) is 0 Å². The van der Waals surface area contributed by atoms with E-state index in [1.54, 1.807) is 60.7 Å². The summed E-state index contributed by atoms with van der Waals surface area (Å²) in [7, 11) is 0. The van der Waals surface area contributed by atoms with Crippen LogP contribution in [0.25, 0.3) is 0 Å². The first-order valence-electron chi connectivity index (χ1n) is 11.2. The number of ether oxygens (including phenoxy) is 1. The molecular formula is C27H25N3O5. The zero-order valence-corrected chi connectivity index (χ0v) is 19.2. The molecule has 3 aromatic rings. The average molecular weight is 472 g/mol. The minimum Gasteiger partial charge on any atom is -0.378 e. The summed E-state index contributed by atoms with van der Waals surface area (Å²) >= 11 is 0. The van der Waals surface area contributed by atoms with Gasteiger partial charge in [0.15, 0.2) is 5.78 Å². The largest absolute Gasteiger partial charge is 0.378 e. The number of anilines is 3. The number of nitrogens with one attached hydrogen (secondary N) is 2. The quantitative estimate of drug-likeness (QED) is 0.404. The van der Waals surface area contributed by atoms with Gasteiger partial charge in [0, 0.05) is 53.8 Å². The number of carbonyl (C=O) groups excluding carboxylic acids is 4. The number of carbonyl (C=O) groups is 4. The van der Waals surface area contributed by atoms with Crippen molar-refractivity contribution in [1.82, 2.24) is 0 Å². The molecule has 8 nitrogen and oxygen atoms in total. The molecule has 1 aliphatic rings. The highest BCUT2D eigenvalue weighted by Crippen LogP contribution is 2.19. The van der Waals surface area contributed by atoms with Gasteiger partial charge >= 0.3 is 0 Å². The Morgan fingerprint density at radius 1 is 0.686 bits per heavy atom. The third-order valence-electron chi connectivity index (χ3n) is 5.64. The molecule has 178 valence electrons. The Bertz CT molecular complexity index is 1230. The molecule has 3 aromatic carbocycles. The zero-order valence-electron chi connectivity index (χ0n) is 19.2. The van der Waals surface area contributed by atoms with E-state index in [2.05, 4.69) is 15.5 Å². The monoisotopic (exact) mass is 471 g/mol. The molecule has 0 unspecified atom stereocenters. The van der Waals surface area contributed by atoms with Gasteiger partial charge in [0.05, 0.1) is 13.2 Å². The van der Waals surface area contributed by atoms with Gasteiger partial charge in [0.25, 0.3) is 11.8 Å². The van der Waals surface area contributed by atoms with Gasteiger partial charge in [0.2, 0.25) is 5.78 Å². The summed E-state index contributed by atoms with van der Waals surface area (Å²) in [6, 6.07) is 20.4. The van der Waals surface area contributed by atoms with Crippen molar-refractivity contribution in [3.05, 3.63) is 89.5 Å². The first kappa shape index (κ1) is 23.8. The van der Waals surface area contributed by atoms with E-state index in [-0.39, 0.29) is 11.7 Å². The van der Waals surface area contributed by atoms with Crippen LogP contribution in [0.1, 0.15) is 33.2 Å². The minimum absolute atomic E-state index is 0.203. The maximum atomic E-state index is 12.8. The molecule has 8 heteroatoms. The van der Waals surface area contributed by atoms with Gasteiger partial charge in [-0.25, -0.2) is 0 Å². The van der Waals surface area contributed by atoms with E-state index in [0.717, 1.165) is 18.8 Å². The minimum atomic E-state index is -0.713. The topological polar surface area (TPSA) is 105 Å². The predicted molar refractivity (Wildman–Crippen MR) is 133 cm³/mol. The Morgan fingerprint density at radius 3 is 1.69 bits per heavy atom. The molecule has 4 rings (SSSR count). The van der Waals surface area contributed by atoms with E-state index in [1.165, 1.54) is 6.92 Å². The molecule has 0 spiro atoms. The highest BCUT2D eigenvalue weighted by Gasteiger charge is 2.14. The maximum absolute atomic E-state index is 12.8. The number of hydrogen-bond acceptors (Lipinski definition) is 6. The van der Waals surface area contributed by atoms with Crippen LogP contribution in [-0.4, -0.2) is 49.7 Å². The second-order valence-corrected chi connectivity index (χ2v) is 8.09. The predicted octanol–water partition coefficient (Wildman–Crippen LogP) is 3.53. The van der Waals surface area contributed by atoms with Crippen LogP contribution in [0.2, 0.25) is 0 Å². The molecule has 1 heterocycles. The summed E-state index contributed by atoms with van der Waals surface area (Å²) in [5.41, 5.74) is 3.49. The second-order valence-electron chi connectivity index (χ2n) is 8.09. The van der Waals surface area contributed by atoms with Crippen molar-refractivity contribution in [2.75, 3.05) is 41.8 Å². The van der Waals surface area contributed by atoms with E-state index in [9.17, 15) is 19.2 Å². The molecule has 0 bridgehead atoms. The first-order valence-corrected chi connectivity index (χ1v) is 11.2. The smallest absolute Gasteiger partial charge is 0.291 e. The Kier molecular flexibility index (Phi) is 7.32. The third kappa shape index (κ3) is 5.99. The van der Waals surface area contributed by atoms with Gasteiger partial charge in [-0.05, 0) is 72.8 Å². The van der Waals surface area contributed by atoms with Crippen molar-refractivity contribution in [3.8, 4) is 0 Å². The molecule has 0 atom stereocenters. The van der Waals surface area contributed by atoms with Crippen molar-refractivity contribution < 1.29 is 23.9 Å². The van der Waals surface area contributed by atoms with Crippen LogP contribution in [0.4, 0.5) is 17.1 Å². The molecule has 1 fully saturated rings. The molecule has 2 amide bonds. The van der Waals surface area contributed by atoms with Gasteiger partial charge in [-0.15, -0.1) is 0 Å². The van der Waals surface area contributed by atoms with Gasteiger partial charge in [-0.1, -0.05) is 0 Å². The Balaban J connectivity index is 1.36. The number of rotatable bonds is 7. The van der Waals surface area contributed by atoms with E-state index < -0.39 is 11.7 Å². The lowest BCUT2D eigenvalue weighted by atomic mass is 10.0. The number of amides is 2. The van der Waals surface area contributed by atoms with E-state index in [1.807, 2.05) is 12.1 Å². The zero-order chi connectivity index (χ0) is 24.8. The maximum Gasteiger partial charge on any atom is 0.291 e. The Hall–Kier alpha value is -4.30. The molecule has 35 heavy (non-hydrogen) atoms. The van der Waals surface area contributed by atoms with Crippen molar-refractivity contribution in [2.45, 2.75) is 6.92 Å². The van der Waals surface area contributed by atoms with Gasteiger partial charge < -0.3 is 20.3 Å². The molecule has 0 saturated carbocycles. The highest BCUT2D eigenvalue weighted by atomic mass is 16.5. The number of benzene rings is 3. The molecule has 0 aliphatic carbocycles. The van der Waals surface area contributed by atoms with Crippen LogP contribution in [0.3, 0.4) is 0 Å². The summed E-state index contributed by atoms with van der Waals surface area (Å²) in [5, 5.41) is 5.30. The van der Waals surface area contributed by atoms with Crippen molar-refractivity contribution in [3.63, 3.8) is 0 Å². The lowest BCUT2D eigenvalue weighted by Crippen LogP contribution is -2.36. The Morgan fingerprint density at radius 2 is 1.17 bits per heavy atom. The molecule has 0 radical (unpaired) electrons. The number of ketones is 2. The SMILES string of the molecule is CC(=O)C(=O)Nc1ccc(C(=O)c2ccc(NC(=O)c3ccc(N4CCOCC4)cc3)cc2)cc1. The van der Waals surface area contributed by atoms with Crippen molar-refractivity contribution in [2.24, 2.45) is 0 Å². The summed E-state index contributed by atoms with van der Waals surface area (Å²) in [5.74, 6) is -1.75. The number of Topliss-reactive ketones (excluding diaryl/α,β-unsaturated/α-hetero) is 1. The number of hydrogen-bond donors (Lipinski definition) is 2. The third-order valence-corrected chi connectivity index (χ3v) is 5.64. The summed E-state index contributed by atoms with van der Waals surface area (Å²) in [6.07, 6.45) is 0. The van der Waals surface area contributed by atoms with E-state index >= 15 is 0 Å². The van der Waals surface area contributed by atoms with Gasteiger partial charge in [-0.3, -0.25) is 19.2 Å².